The van der Waals surface area contributed by atoms with Crippen LogP contribution in [0.3, 0.4) is 0 Å². The molecule has 0 saturated heterocycles. The average molecular weight is 353 g/mol. The summed E-state index contributed by atoms with van der Waals surface area (Å²) in [5, 5.41) is 3.18. The van der Waals surface area contributed by atoms with Crippen LogP contribution in [0.1, 0.15) is 0 Å². The first-order valence-electron chi connectivity index (χ1n) is 6.86. The number of halogens is 1. The second kappa shape index (κ2) is 7.02. The van der Waals surface area contributed by atoms with E-state index < -0.39 is 9.84 Å². The van der Waals surface area contributed by atoms with Crippen LogP contribution in [0.25, 0.3) is 0 Å². The zero-order valence-corrected chi connectivity index (χ0v) is 14.4. The molecule has 1 N–H and O–H groups in total. The fourth-order valence-electron chi connectivity index (χ4n) is 1.92. The highest BCUT2D eigenvalue weighted by Crippen LogP contribution is 2.30. The third kappa shape index (κ3) is 4.03. The minimum absolute atomic E-state index is 0.00799. The molecule has 0 saturated carbocycles. The molecule has 0 atom stereocenters. The summed E-state index contributed by atoms with van der Waals surface area (Å²) in [4.78, 5) is 13.3. The number of benzene rings is 2. The van der Waals surface area contributed by atoms with E-state index in [1.807, 2.05) is 0 Å². The number of nitrogens with zero attached hydrogens (tertiary/aromatic N) is 1. The minimum atomic E-state index is -3.73. The van der Waals surface area contributed by atoms with E-state index in [0.29, 0.717) is 10.7 Å². The molecule has 2 aromatic carbocycles. The Morgan fingerprint density at radius 1 is 1.13 bits per heavy atom. The monoisotopic (exact) mass is 352 g/mol. The van der Waals surface area contributed by atoms with Gasteiger partial charge in [0.2, 0.25) is 15.7 Å². The van der Waals surface area contributed by atoms with Crippen LogP contribution in [0.5, 0.6) is 0 Å². The van der Waals surface area contributed by atoms with Gasteiger partial charge in [-0.05, 0) is 30.3 Å². The normalized spacial score (nSPS) is 11.1. The molecule has 5 nitrogen and oxygen atoms in total. The summed E-state index contributed by atoms with van der Waals surface area (Å²) in [6.07, 6.45) is 0. The highest BCUT2D eigenvalue weighted by molar-refractivity contribution is 7.91. The molecule has 2 rings (SSSR count). The van der Waals surface area contributed by atoms with Gasteiger partial charge in [-0.1, -0.05) is 29.8 Å². The van der Waals surface area contributed by atoms with Crippen molar-refractivity contribution < 1.29 is 13.2 Å². The molecule has 23 heavy (non-hydrogen) atoms. The van der Waals surface area contributed by atoms with Gasteiger partial charge in [0, 0.05) is 19.1 Å². The number of anilines is 1. The van der Waals surface area contributed by atoms with E-state index in [1.54, 1.807) is 44.4 Å². The topological polar surface area (TPSA) is 66.5 Å². The molecule has 0 aliphatic heterocycles. The molecule has 0 aromatic heterocycles. The largest absolute Gasteiger partial charge is 0.375 e. The molecule has 0 aliphatic carbocycles. The molecule has 0 heterocycles. The Hall–Kier alpha value is -2.05. The Bertz CT molecular complexity index is 805. The quantitative estimate of drug-likeness (QED) is 0.898. The number of rotatable bonds is 5. The highest BCUT2D eigenvalue weighted by atomic mass is 35.5. The van der Waals surface area contributed by atoms with Crippen LogP contribution >= 0.6 is 11.6 Å². The summed E-state index contributed by atoms with van der Waals surface area (Å²) >= 11 is 5.96. The first-order chi connectivity index (χ1) is 10.8. The molecule has 122 valence electrons. The predicted molar refractivity (Wildman–Crippen MR) is 90.5 cm³/mol. The lowest BCUT2D eigenvalue weighted by atomic mass is 10.3. The Kier molecular flexibility index (Phi) is 5.28. The van der Waals surface area contributed by atoms with Crippen molar-refractivity contribution in [1.82, 2.24) is 4.90 Å². The van der Waals surface area contributed by atoms with E-state index in [2.05, 4.69) is 5.32 Å². The second-order valence-electron chi connectivity index (χ2n) is 5.10. The van der Waals surface area contributed by atoms with E-state index in [-0.39, 0.29) is 22.2 Å². The van der Waals surface area contributed by atoms with Crippen LogP contribution in [0.15, 0.2) is 58.3 Å². The molecule has 0 radical (unpaired) electrons. The molecule has 1 amide bonds. The van der Waals surface area contributed by atoms with Gasteiger partial charge in [0.05, 0.1) is 22.0 Å². The maximum Gasteiger partial charge on any atom is 0.241 e. The van der Waals surface area contributed by atoms with E-state index >= 15 is 0 Å². The van der Waals surface area contributed by atoms with E-state index in [9.17, 15) is 13.2 Å². The van der Waals surface area contributed by atoms with Crippen molar-refractivity contribution in [1.29, 1.82) is 0 Å². The van der Waals surface area contributed by atoms with Gasteiger partial charge in [0.25, 0.3) is 0 Å². The van der Waals surface area contributed by atoms with Gasteiger partial charge in [-0.3, -0.25) is 4.79 Å². The van der Waals surface area contributed by atoms with Gasteiger partial charge in [-0.2, -0.15) is 0 Å². The van der Waals surface area contributed by atoms with E-state index in [4.69, 9.17) is 11.6 Å². The molecule has 0 unspecified atom stereocenters. The van der Waals surface area contributed by atoms with Crippen LogP contribution in [0.2, 0.25) is 5.02 Å². The molecule has 7 heteroatoms. The molecule has 0 bridgehead atoms. The van der Waals surface area contributed by atoms with Crippen molar-refractivity contribution in [3.8, 4) is 0 Å². The summed E-state index contributed by atoms with van der Waals surface area (Å²) in [5.74, 6) is -0.164. The van der Waals surface area contributed by atoms with Crippen molar-refractivity contribution >= 4 is 33.0 Å². The van der Waals surface area contributed by atoms with Gasteiger partial charge < -0.3 is 10.2 Å². The van der Waals surface area contributed by atoms with Crippen LogP contribution in [0.4, 0.5) is 5.69 Å². The SMILES string of the molecule is CN(C)C(=O)CNc1ccc(Cl)cc1S(=O)(=O)c1ccccc1. The van der Waals surface area contributed by atoms with Crippen LogP contribution < -0.4 is 5.32 Å². The fraction of sp³-hybridized carbons (Fsp3) is 0.188. The van der Waals surface area contributed by atoms with Crippen molar-refractivity contribution in [3.05, 3.63) is 53.6 Å². The van der Waals surface area contributed by atoms with Gasteiger partial charge in [0.15, 0.2) is 0 Å². The highest BCUT2D eigenvalue weighted by Gasteiger charge is 2.22. The number of amides is 1. The van der Waals surface area contributed by atoms with Crippen LogP contribution in [-0.2, 0) is 14.6 Å². The lowest BCUT2D eigenvalue weighted by Gasteiger charge is -2.15. The maximum atomic E-state index is 12.8. The number of nitrogens with one attached hydrogen (secondary N) is 1. The second-order valence-corrected chi connectivity index (χ2v) is 7.45. The molecule has 2 aromatic rings. The average Bonchev–Trinajstić information content (AvgIpc) is 2.54. The lowest BCUT2D eigenvalue weighted by Crippen LogP contribution is -2.29. The van der Waals surface area contributed by atoms with Crippen molar-refractivity contribution in [2.45, 2.75) is 9.79 Å². The lowest BCUT2D eigenvalue weighted by molar-refractivity contribution is -0.126. The van der Waals surface area contributed by atoms with Crippen LogP contribution in [0, 0.1) is 0 Å². The summed E-state index contributed by atoms with van der Waals surface area (Å²) in [7, 11) is -0.467. The predicted octanol–water partition coefficient (Wildman–Crippen LogP) is 2.67. The number of sulfone groups is 1. The van der Waals surface area contributed by atoms with Crippen molar-refractivity contribution in [2.75, 3.05) is 26.0 Å². The molecular weight excluding hydrogens is 336 g/mol. The molecule has 0 fully saturated rings. The van der Waals surface area contributed by atoms with Crippen molar-refractivity contribution in [3.63, 3.8) is 0 Å². The standard InChI is InChI=1S/C16H17ClN2O3S/c1-19(2)16(20)11-18-14-9-8-12(17)10-15(14)23(21,22)13-6-4-3-5-7-13/h3-10,18H,11H2,1-2H3. The van der Waals surface area contributed by atoms with Crippen molar-refractivity contribution in [2.24, 2.45) is 0 Å². The summed E-state index contributed by atoms with van der Waals surface area (Å²) in [6, 6.07) is 12.6. The van der Waals surface area contributed by atoms with Gasteiger partial charge in [-0.25, -0.2) is 8.42 Å². The number of hydrogen-bond donors (Lipinski definition) is 1. The summed E-state index contributed by atoms with van der Waals surface area (Å²) < 4.78 is 25.6. The van der Waals surface area contributed by atoms with E-state index in [0.717, 1.165) is 0 Å². The number of carbonyl (C=O) groups is 1. The molecule has 0 spiro atoms. The Balaban J connectivity index is 2.42. The zero-order valence-electron chi connectivity index (χ0n) is 12.8. The fourth-order valence-corrected chi connectivity index (χ4v) is 3.64. The third-order valence-electron chi connectivity index (χ3n) is 3.22. The molecule has 0 aliphatic rings. The van der Waals surface area contributed by atoms with Gasteiger partial charge in [-0.15, -0.1) is 0 Å². The first-order valence-corrected chi connectivity index (χ1v) is 8.72. The van der Waals surface area contributed by atoms with Gasteiger partial charge in [0.1, 0.15) is 0 Å². The Morgan fingerprint density at radius 2 is 1.78 bits per heavy atom. The Morgan fingerprint density at radius 3 is 2.39 bits per heavy atom. The Labute approximate surface area is 140 Å². The number of hydrogen-bond acceptors (Lipinski definition) is 4. The van der Waals surface area contributed by atoms with Gasteiger partial charge >= 0.3 is 0 Å². The van der Waals surface area contributed by atoms with Crippen LogP contribution in [-0.4, -0.2) is 39.9 Å². The zero-order chi connectivity index (χ0) is 17.0. The molecular formula is C16H17ClN2O3S. The van der Waals surface area contributed by atoms with E-state index in [1.165, 1.54) is 23.1 Å². The smallest absolute Gasteiger partial charge is 0.241 e. The summed E-state index contributed by atoms with van der Waals surface area (Å²) in [6.45, 7) is -0.00799. The number of likely N-dealkylation sites (N-methyl/N-ethyl adjacent to an activating group) is 1. The third-order valence-corrected chi connectivity index (χ3v) is 5.26. The minimum Gasteiger partial charge on any atom is -0.375 e. The first kappa shape index (κ1) is 17.3. The number of carbonyl (C=O) groups excluding carboxylic acids is 1. The maximum absolute atomic E-state index is 12.8. The summed E-state index contributed by atoms with van der Waals surface area (Å²) in [5.41, 5.74) is 0.341.